The van der Waals surface area contributed by atoms with Crippen LogP contribution in [-0.4, -0.2) is 17.4 Å². The van der Waals surface area contributed by atoms with Gasteiger partial charge in [-0.2, -0.15) is 0 Å². The lowest BCUT2D eigenvalue weighted by Gasteiger charge is -2.02. The highest BCUT2D eigenvalue weighted by molar-refractivity contribution is 7.16. The predicted octanol–water partition coefficient (Wildman–Crippen LogP) is 4.27. The quantitative estimate of drug-likeness (QED) is 0.710. The van der Waals surface area contributed by atoms with E-state index < -0.39 is 0 Å². The van der Waals surface area contributed by atoms with Crippen LogP contribution in [0.2, 0.25) is 0 Å². The third-order valence-corrected chi connectivity index (χ3v) is 4.61. The average Bonchev–Trinajstić information content (AvgIpc) is 2.88. The molecule has 0 atom stereocenters. The molecule has 3 N–H and O–H groups in total. The van der Waals surface area contributed by atoms with E-state index in [1.54, 1.807) is 0 Å². The summed E-state index contributed by atoms with van der Waals surface area (Å²) in [7, 11) is 0. The Hall–Kier alpha value is -1.72. The first-order chi connectivity index (χ1) is 11.1. The number of hydrogen-bond acceptors (Lipinski definition) is 4. The lowest BCUT2D eigenvalue weighted by atomic mass is 10.1. The summed E-state index contributed by atoms with van der Waals surface area (Å²) >= 11 is 1.53. The molecule has 0 bridgehead atoms. The number of aromatic nitrogens is 1. The average molecular weight is 331 g/mol. The molecule has 0 aliphatic rings. The summed E-state index contributed by atoms with van der Waals surface area (Å²) in [6.45, 7) is 4.83. The van der Waals surface area contributed by atoms with Crippen LogP contribution in [0.3, 0.4) is 0 Å². The first kappa shape index (κ1) is 17.6. The Morgan fingerprint density at radius 2 is 1.83 bits per heavy atom. The van der Waals surface area contributed by atoms with E-state index in [1.807, 2.05) is 6.92 Å². The van der Waals surface area contributed by atoms with Gasteiger partial charge in [-0.05, 0) is 33.2 Å². The van der Waals surface area contributed by atoms with Gasteiger partial charge in [0.15, 0.2) is 5.13 Å². The van der Waals surface area contributed by atoms with Crippen molar-refractivity contribution in [1.82, 2.24) is 4.98 Å². The molecule has 2 rings (SSSR count). The maximum Gasteiger partial charge on any atom is 0.226 e. The third-order valence-electron chi connectivity index (χ3n) is 3.73. The predicted molar refractivity (Wildman–Crippen MR) is 97.8 cm³/mol. The van der Waals surface area contributed by atoms with Crippen molar-refractivity contribution in [3.8, 4) is 11.3 Å². The number of carbonyl (C=O) groups excluding carboxylic acids is 1. The molecule has 2 aromatic rings. The highest BCUT2D eigenvalue weighted by atomic mass is 32.1. The lowest BCUT2D eigenvalue weighted by Crippen LogP contribution is -2.10. The van der Waals surface area contributed by atoms with Crippen LogP contribution in [0.15, 0.2) is 24.3 Å². The molecular formula is C18H25N3OS. The van der Waals surface area contributed by atoms with E-state index in [1.165, 1.54) is 16.9 Å². The Kier molecular flexibility index (Phi) is 6.74. The van der Waals surface area contributed by atoms with Crippen molar-refractivity contribution in [3.63, 3.8) is 0 Å². The van der Waals surface area contributed by atoms with Gasteiger partial charge in [0.25, 0.3) is 0 Å². The second kappa shape index (κ2) is 8.79. The highest BCUT2D eigenvalue weighted by Crippen LogP contribution is 2.30. The fourth-order valence-electron chi connectivity index (χ4n) is 2.39. The zero-order valence-corrected chi connectivity index (χ0v) is 14.7. The van der Waals surface area contributed by atoms with E-state index in [-0.39, 0.29) is 5.91 Å². The number of anilines is 1. The third kappa shape index (κ3) is 5.44. The molecule has 0 spiro atoms. The van der Waals surface area contributed by atoms with Gasteiger partial charge in [-0.3, -0.25) is 4.79 Å². The lowest BCUT2D eigenvalue weighted by molar-refractivity contribution is -0.116. The van der Waals surface area contributed by atoms with Crippen molar-refractivity contribution in [3.05, 3.63) is 34.7 Å². The number of hydrogen-bond donors (Lipinski definition) is 2. The van der Waals surface area contributed by atoms with Gasteiger partial charge < -0.3 is 11.1 Å². The molecule has 1 heterocycles. The molecule has 1 aromatic carbocycles. The maximum atomic E-state index is 12.0. The molecule has 124 valence electrons. The summed E-state index contributed by atoms with van der Waals surface area (Å²) in [5, 5.41) is 3.60. The summed E-state index contributed by atoms with van der Waals surface area (Å²) in [5.41, 5.74) is 8.73. The molecule has 0 radical (unpaired) electrons. The minimum absolute atomic E-state index is 0.0435. The summed E-state index contributed by atoms with van der Waals surface area (Å²) in [6.07, 6.45) is 4.63. The molecule has 0 saturated heterocycles. The summed E-state index contributed by atoms with van der Waals surface area (Å²) in [5.74, 6) is 0.0435. The molecule has 0 unspecified atom stereocenters. The van der Waals surface area contributed by atoms with Gasteiger partial charge in [-0.1, -0.05) is 42.7 Å². The molecule has 0 aliphatic heterocycles. The van der Waals surface area contributed by atoms with Gasteiger partial charge in [-0.15, -0.1) is 11.3 Å². The topological polar surface area (TPSA) is 68.0 Å². The van der Waals surface area contributed by atoms with E-state index in [0.717, 1.165) is 48.4 Å². The Morgan fingerprint density at radius 3 is 2.52 bits per heavy atom. The van der Waals surface area contributed by atoms with Crippen molar-refractivity contribution in [2.45, 2.75) is 46.0 Å². The summed E-state index contributed by atoms with van der Waals surface area (Å²) < 4.78 is 0. The number of benzene rings is 1. The largest absolute Gasteiger partial charge is 0.330 e. The Balaban J connectivity index is 1.90. The second-order valence-corrected chi connectivity index (χ2v) is 6.99. The van der Waals surface area contributed by atoms with Crippen LogP contribution in [-0.2, 0) is 4.79 Å². The van der Waals surface area contributed by atoms with Crippen molar-refractivity contribution < 1.29 is 4.79 Å². The van der Waals surface area contributed by atoms with Gasteiger partial charge in [-0.25, -0.2) is 4.98 Å². The number of nitrogens with two attached hydrogens (primary N) is 1. The standard InChI is InChI=1S/C18H25N3OS/c1-13-8-10-15(11-9-13)17-14(2)23-18(21-17)20-16(22)7-5-3-4-6-12-19/h8-11H,3-7,12,19H2,1-2H3,(H,20,21,22). The van der Waals surface area contributed by atoms with Crippen molar-refractivity contribution in [2.24, 2.45) is 5.73 Å². The normalized spacial score (nSPS) is 10.7. The minimum atomic E-state index is 0.0435. The zero-order valence-electron chi connectivity index (χ0n) is 13.9. The fraction of sp³-hybridized carbons (Fsp3) is 0.444. The van der Waals surface area contributed by atoms with Crippen LogP contribution >= 0.6 is 11.3 Å². The number of unbranched alkanes of at least 4 members (excludes halogenated alkanes) is 3. The van der Waals surface area contributed by atoms with Crippen molar-refractivity contribution in [1.29, 1.82) is 0 Å². The van der Waals surface area contributed by atoms with Gasteiger partial charge in [0.1, 0.15) is 0 Å². The maximum absolute atomic E-state index is 12.0. The number of amides is 1. The molecule has 5 heteroatoms. The summed E-state index contributed by atoms with van der Waals surface area (Å²) in [6, 6.07) is 8.29. The highest BCUT2D eigenvalue weighted by Gasteiger charge is 2.11. The molecule has 4 nitrogen and oxygen atoms in total. The number of thiazole rings is 1. The number of carbonyl (C=O) groups is 1. The van der Waals surface area contributed by atoms with E-state index >= 15 is 0 Å². The van der Waals surface area contributed by atoms with Gasteiger partial charge in [0.05, 0.1) is 5.69 Å². The van der Waals surface area contributed by atoms with Gasteiger partial charge in [0.2, 0.25) is 5.91 Å². The van der Waals surface area contributed by atoms with Crippen LogP contribution in [0.1, 0.15) is 42.5 Å². The van der Waals surface area contributed by atoms with E-state index in [9.17, 15) is 4.79 Å². The fourth-order valence-corrected chi connectivity index (χ4v) is 3.25. The van der Waals surface area contributed by atoms with Gasteiger partial charge in [0, 0.05) is 16.9 Å². The molecule has 0 aliphatic carbocycles. The van der Waals surface area contributed by atoms with Crippen molar-refractivity contribution >= 4 is 22.4 Å². The minimum Gasteiger partial charge on any atom is -0.330 e. The first-order valence-electron chi connectivity index (χ1n) is 8.14. The number of rotatable bonds is 8. The Bertz CT molecular complexity index is 634. The molecule has 23 heavy (non-hydrogen) atoms. The summed E-state index contributed by atoms with van der Waals surface area (Å²) in [4.78, 5) is 17.7. The van der Waals surface area contributed by atoms with Crippen molar-refractivity contribution in [2.75, 3.05) is 11.9 Å². The SMILES string of the molecule is Cc1ccc(-c2nc(NC(=O)CCCCCCN)sc2C)cc1. The Morgan fingerprint density at radius 1 is 1.13 bits per heavy atom. The van der Waals surface area contributed by atoms with E-state index in [4.69, 9.17) is 5.73 Å². The zero-order chi connectivity index (χ0) is 16.7. The van der Waals surface area contributed by atoms with Crippen LogP contribution in [0.5, 0.6) is 0 Å². The monoisotopic (exact) mass is 331 g/mol. The molecule has 1 amide bonds. The number of nitrogens with zero attached hydrogens (tertiary/aromatic N) is 1. The second-order valence-electron chi connectivity index (χ2n) is 5.79. The van der Waals surface area contributed by atoms with Crippen LogP contribution in [0.25, 0.3) is 11.3 Å². The van der Waals surface area contributed by atoms with Crippen LogP contribution in [0.4, 0.5) is 5.13 Å². The number of aryl methyl sites for hydroxylation is 2. The van der Waals surface area contributed by atoms with Crippen LogP contribution in [0, 0.1) is 13.8 Å². The Labute approximate surface area is 142 Å². The molecular weight excluding hydrogens is 306 g/mol. The first-order valence-corrected chi connectivity index (χ1v) is 8.96. The van der Waals surface area contributed by atoms with Crippen LogP contribution < -0.4 is 11.1 Å². The van der Waals surface area contributed by atoms with E-state index in [0.29, 0.717) is 11.6 Å². The number of nitrogens with one attached hydrogen (secondary N) is 1. The molecule has 1 aromatic heterocycles. The van der Waals surface area contributed by atoms with Gasteiger partial charge >= 0.3 is 0 Å². The van der Waals surface area contributed by atoms with E-state index in [2.05, 4.69) is 41.5 Å². The smallest absolute Gasteiger partial charge is 0.226 e. The molecule has 0 fully saturated rings. The molecule has 0 saturated carbocycles.